The van der Waals surface area contributed by atoms with Crippen LogP contribution in [0.5, 0.6) is 11.5 Å². The molecule has 3 aromatic carbocycles. The third-order valence-electron chi connectivity index (χ3n) is 6.56. The van der Waals surface area contributed by atoms with Crippen LogP contribution in [0.1, 0.15) is 47.6 Å². The smallest absolute Gasteiger partial charge is 0.247 e. The molecule has 1 aliphatic rings. The molecule has 0 heterocycles. The molecule has 6 nitrogen and oxygen atoms in total. The molecule has 3 aromatic rings. The van der Waals surface area contributed by atoms with E-state index in [0.717, 1.165) is 46.6 Å². The molecule has 4 rings (SSSR count). The summed E-state index contributed by atoms with van der Waals surface area (Å²) < 4.78 is 10.4. The third-order valence-corrected chi connectivity index (χ3v) is 6.56. The molecule has 0 aliphatic heterocycles. The fourth-order valence-electron chi connectivity index (χ4n) is 4.30. The molecule has 0 radical (unpaired) electrons. The standard InChI is InChI=1S/C30H34N2O4/c1-21-4-11-24(12-5-21)29(30(34)31-20-23-8-17-27(36-3)18-9-23)32(25-13-14-25)28(33)19-10-22-6-15-26(35-2)16-7-22/h4-9,11-12,15-18,25,29H,10,13-14,19-20H2,1-3H3,(H,31,34). The normalized spacial score (nSPS) is 13.5. The van der Waals surface area contributed by atoms with Crippen LogP contribution in [0, 0.1) is 6.92 Å². The van der Waals surface area contributed by atoms with Gasteiger partial charge in [0, 0.05) is 19.0 Å². The van der Waals surface area contributed by atoms with Crippen LogP contribution in [0.3, 0.4) is 0 Å². The lowest BCUT2D eigenvalue weighted by molar-refractivity contribution is -0.141. The van der Waals surface area contributed by atoms with E-state index in [1.165, 1.54) is 0 Å². The number of ether oxygens (including phenoxy) is 2. The molecular weight excluding hydrogens is 452 g/mol. The topological polar surface area (TPSA) is 67.9 Å². The highest BCUT2D eigenvalue weighted by molar-refractivity contribution is 5.89. The minimum atomic E-state index is -0.667. The van der Waals surface area contributed by atoms with Crippen LogP contribution in [-0.4, -0.2) is 37.0 Å². The van der Waals surface area contributed by atoms with Gasteiger partial charge < -0.3 is 19.7 Å². The summed E-state index contributed by atoms with van der Waals surface area (Å²) in [5, 5.41) is 3.07. The Hall–Kier alpha value is -3.80. The largest absolute Gasteiger partial charge is 0.497 e. The first kappa shape index (κ1) is 25.3. The Morgan fingerprint density at radius 2 is 1.42 bits per heavy atom. The van der Waals surface area contributed by atoms with Gasteiger partial charge in [0.25, 0.3) is 0 Å². The van der Waals surface area contributed by atoms with Gasteiger partial charge in [-0.05, 0) is 67.1 Å². The van der Waals surface area contributed by atoms with Crippen molar-refractivity contribution in [1.82, 2.24) is 10.2 Å². The van der Waals surface area contributed by atoms with Gasteiger partial charge in [0.2, 0.25) is 11.8 Å². The Labute approximate surface area is 213 Å². The lowest BCUT2D eigenvalue weighted by atomic mass is 10.0. The summed E-state index contributed by atoms with van der Waals surface area (Å²) in [6, 6.07) is 22.7. The lowest BCUT2D eigenvalue weighted by Gasteiger charge is -2.32. The van der Waals surface area contributed by atoms with E-state index < -0.39 is 6.04 Å². The van der Waals surface area contributed by atoms with Gasteiger partial charge in [-0.1, -0.05) is 54.1 Å². The Bertz CT molecular complexity index is 1150. The van der Waals surface area contributed by atoms with Gasteiger partial charge in [-0.2, -0.15) is 0 Å². The number of methoxy groups -OCH3 is 2. The Morgan fingerprint density at radius 3 is 1.94 bits per heavy atom. The first-order chi connectivity index (χ1) is 17.5. The number of nitrogens with zero attached hydrogens (tertiary/aromatic N) is 1. The summed E-state index contributed by atoms with van der Waals surface area (Å²) in [6.45, 7) is 2.39. The zero-order valence-electron chi connectivity index (χ0n) is 21.2. The molecular formula is C30H34N2O4. The van der Waals surface area contributed by atoms with Crippen LogP contribution in [0.25, 0.3) is 0 Å². The van der Waals surface area contributed by atoms with Crippen LogP contribution in [0.15, 0.2) is 72.8 Å². The lowest BCUT2D eigenvalue weighted by Crippen LogP contribution is -2.45. The van der Waals surface area contributed by atoms with Crippen molar-refractivity contribution >= 4 is 11.8 Å². The Kier molecular flexibility index (Phi) is 8.26. The zero-order chi connectivity index (χ0) is 25.5. The van der Waals surface area contributed by atoms with Crippen molar-refractivity contribution < 1.29 is 19.1 Å². The number of rotatable bonds is 11. The number of benzene rings is 3. The zero-order valence-corrected chi connectivity index (χ0v) is 21.2. The summed E-state index contributed by atoms with van der Waals surface area (Å²) in [4.78, 5) is 29.0. The number of nitrogens with one attached hydrogen (secondary N) is 1. The van der Waals surface area contributed by atoms with Gasteiger partial charge in [-0.25, -0.2) is 0 Å². The highest BCUT2D eigenvalue weighted by atomic mass is 16.5. The maximum atomic E-state index is 13.6. The fourth-order valence-corrected chi connectivity index (χ4v) is 4.30. The van der Waals surface area contributed by atoms with E-state index in [0.29, 0.717) is 19.4 Å². The van der Waals surface area contributed by atoms with Gasteiger partial charge >= 0.3 is 0 Å². The maximum Gasteiger partial charge on any atom is 0.247 e. The van der Waals surface area contributed by atoms with Gasteiger partial charge in [0.15, 0.2) is 0 Å². The number of amides is 2. The van der Waals surface area contributed by atoms with Gasteiger partial charge in [0.05, 0.1) is 14.2 Å². The second kappa shape index (κ2) is 11.8. The predicted molar refractivity (Wildman–Crippen MR) is 140 cm³/mol. The summed E-state index contributed by atoms with van der Waals surface area (Å²) >= 11 is 0. The molecule has 1 aliphatic carbocycles. The van der Waals surface area contributed by atoms with E-state index in [4.69, 9.17) is 9.47 Å². The molecule has 0 bridgehead atoms. The molecule has 0 spiro atoms. The molecule has 1 fully saturated rings. The Balaban J connectivity index is 1.51. The van der Waals surface area contributed by atoms with Crippen molar-refractivity contribution in [3.63, 3.8) is 0 Å². The average molecular weight is 487 g/mol. The molecule has 2 amide bonds. The molecule has 0 aromatic heterocycles. The number of aryl methyl sites for hydroxylation is 2. The molecule has 6 heteroatoms. The van der Waals surface area contributed by atoms with Gasteiger partial charge in [-0.15, -0.1) is 0 Å². The molecule has 0 saturated heterocycles. The van der Waals surface area contributed by atoms with Crippen LogP contribution in [0.2, 0.25) is 0 Å². The molecule has 36 heavy (non-hydrogen) atoms. The van der Waals surface area contributed by atoms with Crippen LogP contribution in [-0.2, 0) is 22.6 Å². The highest BCUT2D eigenvalue weighted by Gasteiger charge is 2.40. The van der Waals surface area contributed by atoms with Crippen molar-refractivity contribution in [2.24, 2.45) is 0 Å². The van der Waals surface area contributed by atoms with Crippen LogP contribution in [0.4, 0.5) is 0 Å². The maximum absolute atomic E-state index is 13.6. The minimum absolute atomic E-state index is 0.00140. The van der Waals surface area contributed by atoms with Crippen molar-refractivity contribution in [2.75, 3.05) is 14.2 Å². The number of carbonyl (C=O) groups excluding carboxylic acids is 2. The highest BCUT2D eigenvalue weighted by Crippen LogP contribution is 2.36. The Morgan fingerprint density at radius 1 is 0.861 bits per heavy atom. The van der Waals surface area contributed by atoms with E-state index in [9.17, 15) is 9.59 Å². The number of hydrogen-bond acceptors (Lipinski definition) is 4. The summed E-state index contributed by atoms with van der Waals surface area (Å²) in [5.74, 6) is 1.39. The average Bonchev–Trinajstić information content (AvgIpc) is 3.75. The molecule has 188 valence electrons. The number of carbonyl (C=O) groups is 2. The van der Waals surface area contributed by atoms with E-state index >= 15 is 0 Å². The predicted octanol–water partition coefficient (Wildman–Crippen LogP) is 4.99. The molecule has 1 N–H and O–H groups in total. The third kappa shape index (κ3) is 6.45. The summed E-state index contributed by atoms with van der Waals surface area (Å²) in [5.41, 5.74) is 3.98. The molecule has 1 atom stereocenters. The van der Waals surface area contributed by atoms with E-state index in [-0.39, 0.29) is 17.9 Å². The second-order valence-electron chi connectivity index (χ2n) is 9.26. The SMILES string of the molecule is COc1ccc(CCC(=O)N(C2CC2)C(C(=O)NCc2ccc(OC)cc2)c2ccc(C)cc2)cc1. The first-order valence-electron chi connectivity index (χ1n) is 12.4. The first-order valence-corrected chi connectivity index (χ1v) is 12.4. The number of hydrogen-bond donors (Lipinski definition) is 1. The monoisotopic (exact) mass is 486 g/mol. The minimum Gasteiger partial charge on any atom is -0.497 e. The van der Waals surface area contributed by atoms with E-state index in [1.807, 2.05) is 84.6 Å². The van der Waals surface area contributed by atoms with Crippen molar-refractivity contribution in [2.45, 2.75) is 51.2 Å². The molecule has 1 saturated carbocycles. The van der Waals surface area contributed by atoms with Gasteiger partial charge in [0.1, 0.15) is 17.5 Å². The van der Waals surface area contributed by atoms with Crippen LogP contribution >= 0.6 is 0 Å². The summed E-state index contributed by atoms with van der Waals surface area (Å²) in [7, 11) is 3.26. The van der Waals surface area contributed by atoms with Crippen LogP contribution < -0.4 is 14.8 Å². The van der Waals surface area contributed by atoms with Gasteiger partial charge in [-0.3, -0.25) is 9.59 Å². The second-order valence-corrected chi connectivity index (χ2v) is 9.26. The summed E-state index contributed by atoms with van der Waals surface area (Å²) in [6.07, 6.45) is 2.79. The van der Waals surface area contributed by atoms with Crippen molar-refractivity contribution in [3.05, 3.63) is 95.1 Å². The van der Waals surface area contributed by atoms with Crippen molar-refractivity contribution in [1.29, 1.82) is 0 Å². The van der Waals surface area contributed by atoms with E-state index in [1.54, 1.807) is 14.2 Å². The fraction of sp³-hybridized carbons (Fsp3) is 0.333. The molecule has 1 unspecified atom stereocenters. The van der Waals surface area contributed by atoms with Crippen molar-refractivity contribution in [3.8, 4) is 11.5 Å². The quantitative estimate of drug-likeness (QED) is 0.415. The van der Waals surface area contributed by atoms with E-state index in [2.05, 4.69) is 5.32 Å².